The van der Waals surface area contributed by atoms with E-state index in [4.69, 9.17) is 17.3 Å². The van der Waals surface area contributed by atoms with Gasteiger partial charge in [0.25, 0.3) is 0 Å². The Labute approximate surface area is 122 Å². The van der Waals surface area contributed by atoms with Crippen molar-refractivity contribution in [3.8, 4) is 0 Å². The third kappa shape index (κ3) is 3.96. The van der Waals surface area contributed by atoms with Crippen LogP contribution in [0.15, 0.2) is 47.4 Å². The first-order valence-electron chi connectivity index (χ1n) is 5.98. The summed E-state index contributed by atoms with van der Waals surface area (Å²) in [6.07, 6.45) is 0. The highest BCUT2D eigenvalue weighted by molar-refractivity contribution is 7.98. The first-order chi connectivity index (χ1) is 9.06. The van der Waals surface area contributed by atoms with Crippen LogP contribution in [0.2, 0.25) is 5.02 Å². The molecule has 2 aromatic carbocycles. The van der Waals surface area contributed by atoms with Crippen molar-refractivity contribution in [3.63, 3.8) is 0 Å². The molecular formula is C15H15ClFNS. The number of nitrogens with two attached hydrogens (primary N) is 1. The Bertz CT molecular complexity index is 555. The van der Waals surface area contributed by atoms with Gasteiger partial charge < -0.3 is 5.73 Å². The predicted octanol–water partition coefficient (Wildman–Crippen LogP) is 4.79. The molecule has 0 aliphatic rings. The molecule has 0 radical (unpaired) electrons. The van der Waals surface area contributed by atoms with Crippen LogP contribution in [0.4, 0.5) is 4.39 Å². The van der Waals surface area contributed by atoms with Gasteiger partial charge in [-0.05, 0) is 48.4 Å². The molecule has 0 aliphatic heterocycles. The molecule has 4 heteroatoms. The summed E-state index contributed by atoms with van der Waals surface area (Å²) >= 11 is 7.50. The first-order valence-corrected chi connectivity index (χ1v) is 7.35. The molecule has 0 spiro atoms. The lowest BCUT2D eigenvalue weighted by Gasteiger charge is -2.12. The van der Waals surface area contributed by atoms with E-state index in [1.165, 1.54) is 17.7 Å². The Morgan fingerprint density at radius 3 is 2.53 bits per heavy atom. The second-order valence-electron chi connectivity index (χ2n) is 4.39. The summed E-state index contributed by atoms with van der Waals surface area (Å²) in [7, 11) is 0. The maximum Gasteiger partial charge on any atom is 0.123 e. The molecule has 19 heavy (non-hydrogen) atoms. The number of hydrogen-bond donors (Lipinski definition) is 1. The molecule has 0 saturated carbocycles. The van der Waals surface area contributed by atoms with Gasteiger partial charge in [0.1, 0.15) is 5.82 Å². The molecule has 0 saturated heterocycles. The molecule has 0 aromatic heterocycles. The Morgan fingerprint density at radius 2 is 1.89 bits per heavy atom. The second kappa shape index (κ2) is 6.42. The molecule has 0 heterocycles. The number of rotatable bonds is 4. The van der Waals surface area contributed by atoms with E-state index in [2.05, 4.69) is 0 Å². The number of hydrogen-bond acceptors (Lipinski definition) is 2. The molecule has 0 fully saturated rings. The Hall–Kier alpha value is -1.03. The van der Waals surface area contributed by atoms with Crippen molar-refractivity contribution < 1.29 is 4.39 Å². The minimum atomic E-state index is -0.247. The summed E-state index contributed by atoms with van der Waals surface area (Å²) in [5, 5.41) is 0.729. The lowest BCUT2D eigenvalue weighted by Crippen LogP contribution is -2.06. The highest BCUT2D eigenvalue weighted by Gasteiger charge is 2.09. The van der Waals surface area contributed by atoms with Gasteiger partial charge in [-0.3, -0.25) is 0 Å². The fraction of sp³-hybridized carbons (Fsp3) is 0.200. The summed E-state index contributed by atoms with van der Waals surface area (Å²) in [5.41, 5.74) is 7.90. The van der Waals surface area contributed by atoms with Gasteiger partial charge in [0.05, 0.1) is 0 Å². The van der Waals surface area contributed by atoms with Crippen LogP contribution < -0.4 is 5.73 Å². The van der Waals surface area contributed by atoms with E-state index in [9.17, 15) is 4.39 Å². The van der Waals surface area contributed by atoms with Gasteiger partial charge in [-0.1, -0.05) is 23.7 Å². The number of halogens is 2. The van der Waals surface area contributed by atoms with E-state index in [0.29, 0.717) is 0 Å². The van der Waals surface area contributed by atoms with Crippen LogP contribution in [0.1, 0.15) is 24.1 Å². The number of thioether (sulfide) groups is 1. The smallest absolute Gasteiger partial charge is 0.123 e. The molecule has 0 bridgehead atoms. The van der Waals surface area contributed by atoms with Gasteiger partial charge in [0.2, 0.25) is 0 Å². The molecule has 2 rings (SSSR count). The van der Waals surface area contributed by atoms with Gasteiger partial charge in [-0.2, -0.15) is 0 Å². The molecular weight excluding hydrogens is 281 g/mol. The molecule has 0 aliphatic carbocycles. The average molecular weight is 296 g/mol. The molecule has 1 atom stereocenters. The first kappa shape index (κ1) is 14.4. The summed E-state index contributed by atoms with van der Waals surface area (Å²) < 4.78 is 13.2. The summed E-state index contributed by atoms with van der Waals surface area (Å²) in [6.45, 7) is 1.86. The quantitative estimate of drug-likeness (QED) is 0.821. The Balaban J connectivity index is 2.13. The summed E-state index contributed by atoms with van der Waals surface area (Å²) in [4.78, 5) is 1.02. The maximum atomic E-state index is 13.2. The van der Waals surface area contributed by atoms with Crippen LogP contribution in [-0.4, -0.2) is 0 Å². The third-order valence-electron chi connectivity index (χ3n) is 2.77. The minimum Gasteiger partial charge on any atom is -0.324 e. The zero-order valence-corrected chi connectivity index (χ0v) is 12.1. The molecule has 2 aromatic rings. The van der Waals surface area contributed by atoms with Crippen LogP contribution in [0.25, 0.3) is 0 Å². The standard InChI is InChI=1S/C15H15ClFNS/c1-10(18)14-8-13(17)6-7-15(14)19-9-11-2-4-12(16)5-3-11/h2-8,10H,9,18H2,1H3/t10-/m0/s1. The number of benzene rings is 2. The molecule has 0 amide bonds. The molecule has 1 nitrogen and oxygen atoms in total. The van der Waals surface area contributed by atoms with E-state index in [0.717, 1.165) is 21.2 Å². The molecule has 2 N–H and O–H groups in total. The largest absolute Gasteiger partial charge is 0.324 e. The van der Waals surface area contributed by atoms with Crippen molar-refractivity contribution in [2.45, 2.75) is 23.6 Å². The Kier molecular flexibility index (Phi) is 4.86. The highest BCUT2D eigenvalue weighted by atomic mass is 35.5. The van der Waals surface area contributed by atoms with Crippen molar-refractivity contribution in [1.29, 1.82) is 0 Å². The van der Waals surface area contributed by atoms with Crippen molar-refractivity contribution >= 4 is 23.4 Å². The second-order valence-corrected chi connectivity index (χ2v) is 5.84. The van der Waals surface area contributed by atoms with Crippen LogP contribution in [0.5, 0.6) is 0 Å². The van der Waals surface area contributed by atoms with Gasteiger partial charge in [-0.15, -0.1) is 11.8 Å². The van der Waals surface area contributed by atoms with Gasteiger partial charge in [0, 0.05) is 21.7 Å². The summed E-state index contributed by atoms with van der Waals surface area (Å²) in [6, 6.07) is 12.3. The SMILES string of the molecule is C[C@H](N)c1cc(F)ccc1SCc1ccc(Cl)cc1. The van der Waals surface area contributed by atoms with Gasteiger partial charge >= 0.3 is 0 Å². The van der Waals surface area contributed by atoms with Crippen molar-refractivity contribution in [2.75, 3.05) is 0 Å². The van der Waals surface area contributed by atoms with Crippen molar-refractivity contribution in [1.82, 2.24) is 0 Å². The normalized spacial score (nSPS) is 12.4. The zero-order valence-electron chi connectivity index (χ0n) is 10.6. The molecule has 0 unspecified atom stereocenters. The van der Waals surface area contributed by atoms with Gasteiger partial charge in [0.15, 0.2) is 0 Å². The topological polar surface area (TPSA) is 26.0 Å². The molecule has 100 valence electrons. The van der Waals surface area contributed by atoms with Crippen molar-refractivity contribution in [2.24, 2.45) is 5.73 Å². The van der Waals surface area contributed by atoms with Crippen LogP contribution in [-0.2, 0) is 5.75 Å². The lowest BCUT2D eigenvalue weighted by molar-refractivity contribution is 0.619. The average Bonchev–Trinajstić information content (AvgIpc) is 2.39. The van der Waals surface area contributed by atoms with E-state index in [1.54, 1.807) is 17.8 Å². The van der Waals surface area contributed by atoms with Crippen molar-refractivity contribution in [3.05, 3.63) is 64.4 Å². The maximum absolute atomic E-state index is 13.2. The van der Waals surface area contributed by atoms with E-state index >= 15 is 0 Å². The van der Waals surface area contributed by atoms with E-state index in [1.807, 2.05) is 31.2 Å². The fourth-order valence-corrected chi connectivity index (χ4v) is 2.96. The minimum absolute atomic E-state index is 0.177. The summed E-state index contributed by atoms with van der Waals surface area (Å²) in [5.74, 6) is 0.561. The third-order valence-corrected chi connectivity index (χ3v) is 4.18. The lowest BCUT2D eigenvalue weighted by atomic mass is 10.1. The highest BCUT2D eigenvalue weighted by Crippen LogP contribution is 2.30. The predicted molar refractivity (Wildman–Crippen MR) is 80.0 cm³/mol. The van der Waals surface area contributed by atoms with E-state index in [-0.39, 0.29) is 11.9 Å². The van der Waals surface area contributed by atoms with Gasteiger partial charge in [-0.25, -0.2) is 4.39 Å². The zero-order chi connectivity index (χ0) is 13.8. The fourth-order valence-electron chi connectivity index (χ4n) is 1.75. The van der Waals surface area contributed by atoms with E-state index < -0.39 is 0 Å². The monoisotopic (exact) mass is 295 g/mol. The van der Waals surface area contributed by atoms with Crippen LogP contribution in [0.3, 0.4) is 0 Å². The Morgan fingerprint density at radius 1 is 1.21 bits per heavy atom. The van der Waals surface area contributed by atoms with Crippen LogP contribution >= 0.6 is 23.4 Å². The van der Waals surface area contributed by atoms with Crippen LogP contribution in [0, 0.1) is 5.82 Å².